The number of rotatable bonds is 2. The minimum atomic E-state index is -0.384. The van der Waals surface area contributed by atoms with E-state index in [0.717, 1.165) is 11.1 Å². The maximum absolute atomic E-state index is 11.0. The lowest BCUT2D eigenvalue weighted by Crippen LogP contribution is -2.16. The summed E-state index contributed by atoms with van der Waals surface area (Å²) in [5.41, 5.74) is 1.74. The largest absolute Gasteiger partial charge is 0.441 e. The van der Waals surface area contributed by atoms with E-state index in [2.05, 4.69) is 10.6 Å². The molecule has 6 nitrogen and oxygen atoms in total. The quantitative estimate of drug-likeness (QED) is 0.716. The van der Waals surface area contributed by atoms with E-state index in [1.165, 1.54) is 0 Å². The molecular weight excluding hydrogens is 236 g/mol. The summed E-state index contributed by atoms with van der Waals surface area (Å²) in [6.45, 7) is 0.461. The van der Waals surface area contributed by atoms with Crippen LogP contribution in [-0.2, 0) is 19.1 Å². The Hall–Kier alpha value is -1.92. The SMILES string of the molecule is O=C1CNC(c2ccc(C3NCC(=O)O3)cc2)O1. The average molecular weight is 248 g/mol. The minimum absolute atomic E-state index is 0.230. The van der Waals surface area contributed by atoms with Crippen LogP contribution in [-0.4, -0.2) is 25.0 Å². The molecule has 2 N–H and O–H groups in total. The molecular formula is C12H12N2O4. The summed E-state index contributed by atoms with van der Waals surface area (Å²) in [5.74, 6) is -0.508. The van der Waals surface area contributed by atoms with Crippen LogP contribution in [0.3, 0.4) is 0 Å². The van der Waals surface area contributed by atoms with Gasteiger partial charge in [0.05, 0.1) is 13.1 Å². The van der Waals surface area contributed by atoms with E-state index in [0.29, 0.717) is 0 Å². The van der Waals surface area contributed by atoms with Crippen molar-refractivity contribution >= 4 is 11.9 Å². The van der Waals surface area contributed by atoms with Gasteiger partial charge >= 0.3 is 11.9 Å². The fourth-order valence-corrected chi connectivity index (χ4v) is 2.00. The van der Waals surface area contributed by atoms with E-state index in [1.807, 2.05) is 24.3 Å². The summed E-state index contributed by atoms with van der Waals surface area (Å²) >= 11 is 0. The number of benzene rings is 1. The van der Waals surface area contributed by atoms with Crippen LogP contribution in [0, 0.1) is 0 Å². The summed E-state index contributed by atoms with van der Waals surface area (Å²) in [6.07, 6.45) is -0.767. The smallest absolute Gasteiger partial charge is 0.321 e. The number of carbonyl (C=O) groups excluding carboxylic acids is 2. The summed E-state index contributed by atoms with van der Waals surface area (Å²) < 4.78 is 10.2. The van der Waals surface area contributed by atoms with Gasteiger partial charge in [-0.15, -0.1) is 0 Å². The van der Waals surface area contributed by atoms with Crippen molar-refractivity contribution in [2.45, 2.75) is 12.5 Å². The number of cyclic esters (lactones) is 2. The zero-order valence-electron chi connectivity index (χ0n) is 9.51. The van der Waals surface area contributed by atoms with Crippen molar-refractivity contribution < 1.29 is 19.1 Å². The van der Waals surface area contributed by atoms with Crippen LogP contribution in [0.25, 0.3) is 0 Å². The van der Waals surface area contributed by atoms with Crippen LogP contribution in [0.1, 0.15) is 23.6 Å². The average Bonchev–Trinajstić information content (AvgIpc) is 2.98. The van der Waals surface area contributed by atoms with Gasteiger partial charge in [-0.2, -0.15) is 0 Å². The Morgan fingerprint density at radius 2 is 1.22 bits per heavy atom. The van der Waals surface area contributed by atoms with Crippen molar-refractivity contribution in [2.24, 2.45) is 0 Å². The molecule has 0 aliphatic carbocycles. The highest BCUT2D eigenvalue weighted by Gasteiger charge is 2.26. The Bertz CT molecular complexity index is 440. The molecule has 2 heterocycles. The third-order valence-corrected chi connectivity index (χ3v) is 2.90. The summed E-state index contributed by atoms with van der Waals surface area (Å²) in [5, 5.41) is 5.89. The number of esters is 2. The van der Waals surface area contributed by atoms with Crippen LogP contribution in [0.5, 0.6) is 0 Å². The lowest BCUT2D eigenvalue weighted by atomic mass is 10.1. The van der Waals surface area contributed by atoms with Crippen molar-refractivity contribution in [3.05, 3.63) is 35.4 Å². The number of carbonyl (C=O) groups is 2. The molecule has 6 heteroatoms. The van der Waals surface area contributed by atoms with E-state index < -0.39 is 0 Å². The topological polar surface area (TPSA) is 76.7 Å². The Labute approximate surface area is 103 Å². The normalized spacial score (nSPS) is 27.1. The Kier molecular flexibility index (Phi) is 2.73. The van der Waals surface area contributed by atoms with Gasteiger partial charge in [-0.25, -0.2) is 0 Å². The van der Waals surface area contributed by atoms with Crippen LogP contribution in [0.4, 0.5) is 0 Å². The number of hydrogen-bond donors (Lipinski definition) is 2. The van der Waals surface area contributed by atoms with Crippen LogP contribution >= 0.6 is 0 Å². The molecule has 94 valence electrons. The van der Waals surface area contributed by atoms with Crippen molar-refractivity contribution in [3.63, 3.8) is 0 Å². The molecule has 2 unspecified atom stereocenters. The molecule has 2 atom stereocenters. The molecule has 0 bridgehead atoms. The fourth-order valence-electron chi connectivity index (χ4n) is 2.00. The molecule has 2 aliphatic rings. The van der Waals surface area contributed by atoms with Gasteiger partial charge in [0, 0.05) is 11.1 Å². The molecule has 2 saturated heterocycles. The Morgan fingerprint density at radius 3 is 1.50 bits per heavy atom. The predicted molar refractivity (Wildman–Crippen MR) is 60.1 cm³/mol. The highest BCUT2D eigenvalue weighted by molar-refractivity contribution is 5.74. The van der Waals surface area contributed by atoms with Gasteiger partial charge in [-0.05, 0) is 0 Å². The second kappa shape index (κ2) is 4.40. The van der Waals surface area contributed by atoms with Crippen LogP contribution in [0.15, 0.2) is 24.3 Å². The van der Waals surface area contributed by atoms with Crippen molar-refractivity contribution in [1.82, 2.24) is 10.6 Å². The van der Waals surface area contributed by atoms with E-state index in [9.17, 15) is 9.59 Å². The molecule has 0 radical (unpaired) electrons. The summed E-state index contributed by atoms with van der Waals surface area (Å²) in [7, 11) is 0. The van der Waals surface area contributed by atoms with Crippen LogP contribution < -0.4 is 10.6 Å². The fraction of sp³-hybridized carbons (Fsp3) is 0.333. The van der Waals surface area contributed by atoms with Gasteiger partial charge in [0.2, 0.25) is 0 Å². The van der Waals surface area contributed by atoms with Gasteiger partial charge in [0.15, 0.2) is 12.5 Å². The second-order valence-electron chi connectivity index (χ2n) is 4.17. The third kappa shape index (κ3) is 2.07. The zero-order chi connectivity index (χ0) is 12.5. The summed E-state index contributed by atoms with van der Waals surface area (Å²) in [6, 6.07) is 7.39. The standard InChI is InChI=1S/C12H12N2O4/c15-9-5-13-11(17-9)7-1-2-8(4-3-7)12-14-6-10(16)18-12/h1-4,11-14H,5-6H2. The lowest BCUT2D eigenvalue weighted by Gasteiger charge is -2.13. The molecule has 2 aliphatic heterocycles. The van der Waals surface area contributed by atoms with E-state index in [4.69, 9.17) is 9.47 Å². The minimum Gasteiger partial charge on any atom is -0.441 e. The Morgan fingerprint density at radius 1 is 0.833 bits per heavy atom. The maximum Gasteiger partial charge on any atom is 0.321 e. The van der Waals surface area contributed by atoms with Gasteiger partial charge in [-0.1, -0.05) is 24.3 Å². The molecule has 0 aromatic heterocycles. The molecule has 2 fully saturated rings. The first kappa shape index (κ1) is 11.2. The van der Waals surface area contributed by atoms with Gasteiger partial charge in [-0.3, -0.25) is 20.2 Å². The van der Waals surface area contributed by atoms with Crippen molar-refractivity contribution in [2.75, 3.05) is 13.1 Å². The van der Waals surface area contributed by atoms with Crippen LogP contribution in [0.2, 0.25) is 0 Å². The van der Waals surface area contributed by atoms with Gasteiger partial charge < -0.3 is 9.47 Å². The maximum atomic E-state index is 11.0. The summed E-state index contributed by atoms with van der Waals surface area (Å²) in [4.78, 5) is 22.0. The molecule has 0 saturated carbocycles. The van der Waals surface area contributed by atoms with Gasteiger partial charge in [0.1, 0.15) is 0 Å². The van der Waals surface area contributed by atoms with Crippen molar-refractivity contribution in [1.29, 1.82) is 0 Å². The molecule has 1 aromatic carbocycles. The Balaban J connectivity index is 1.73. The predicted octanol–water partition coefficient (Wildman–Crippen LogP) is -0.0234. The highest BCUT2D eigenvalue weighted by atomic mass is 16.6. The zero-order valence-corrected chi connectivity index (χ0v) is 9.51. The van der Waals surface area contributed by atoms with Crippen molar-refractivity contribution in [3.8, 4) is 0 Å². The highest BCUT2D eigenvalue weighted by Crippen LogP contribution is 2.23. The lowest BCUT2D eigenvalue weighted by molar-refractivity contribution is -0.141. The monoisotopic (exact) mass is 248 g/mol. The van der Waals surface area contributed by atoms with E-state index in [-0.39, 0.29) is 37.5 Å². The molecule has 0 amide bonds. The molecule has 18 heavy (non-hydrogen) atoms. The first-order valence-corrected chi connectivity index (χ1v) is 5.68. The van der Waals surface area contributed by atoms with Gasteiger partial charge in [0.25, 0.3) is 0 Å². The molecule has 3 rings (SSSR count). The number of hydrogen-bond acceptors (Lipinski definition) is 6. The number of nitrogens with one attached hydrogen (secondary N) is 2. The number of ether oxygens (including phenoxy) is 2. The van der Waals surface area contributed by atoms with E-state index >= 15 is 0 Å². The second-order valence-corrected chi connectivity index (χ2v) is 4.17. The first-order valence-electron chi connectivity index (χ1n) is 5.68. The first-order chi connectivity index (χ1) is 8.72. The van der Waals surface area contributed by atoms with E-state index in [1.54, 1.807) is 0 Å². The third-order valence-electron chi connectivity index (χ3n) is 2.90. The molecule has 1 aromatic rings. The molecule has 0 spiro atoms.